The fourth-order valence-corrected chi connectivity index (χ4v) is 3.25. The van der Waals surface area contributed by atoms with Gasteiger partial charge in [-0.05, 0) is 46.5 Å². The first kappa shape index (κ1) is 20.5. The molecular weight excluding hydrogens is 402 g/mol. The summed E-state index contributed by atoms with van der Waals surface area (Å²) in [5.41, 5.74) is 2.20. The molecule has 2 unspecified atom stereocenters. The van der Waals surface area contributed by atoms with E-state index in [1.54, 1.807) is 12.1 Å². The van der Waals surface area contributed by atoms with Crippen molar-refractivity contribution in [1.29, 1.82) is 0 Å². The Labute approximate surface area is 152 Å². The minimum absolute atomic E-state index is 0.0844. The molecule has 0 aliphatic carbocycles. The first-order valence-electron chi connectivity index (χ1n) is 7.14. The van der Waals surface area contributed by atoms with Crippen LogP contribution in [0, 0.1) is 5.92 Å². The molecule has 24 heavy (non-hydrogen) atoms. The number of aliphatic carboxylic acids is 1. The molecule has 0 spiro atoms. The zero-order valence-electron chi connectivity index (χ0n) is 12.6. The summed E-state index contributed by atoms with van der Waals surface area (Å²) >= 11 is 7.54. The number of thiol groups is 1. The van der Waals surface area contributed by atoms with E-state index in [-0.39, 0.29) is 12.0 Å². The highest BCUT2D eigenvalue weighted by molar-refractivity contribution is 9.10. The van der Waals surface area contributed by atoms with E-state index in [1.165, 1.54) is 11.5 Å². The molecule has 0 aromatic heterocycles. The van der Waals surface area contributed by atoms with Gasteiger partial charge in [-0.25, -0.2) is 10.3 Å². The summed E-state index contributed by atoms with van der Waals surface area (Å²) in [4.78, 5) is 33.4. The number of halogens is 1. The van der Waals surface area contributed by atoms with Crippen molar-refractivity contribution < 1.29 is 29.8 Å². The second-order valence-electron chi connectivity index (χ2n) is 5.21. The lowest BCUT2D eigenvalue weighted by atomic mass is 9.92. The van der Waals surface area contributed by atoms with Gasteiger partial charge >= 0.3 is 11.9 Å². The third-order valence-corrected chi connectivity index (χ3v) is 4.87. The summed E-state index contributed by atoms with van der Waals surface area (Å²) in [7, 11) is 0. The van der Waals surface area contributed by atoms with Crippen LogP contribution >= 0.6 is 28.6 Å². The minimum Gasteiger partial charge on any atom is -0.481 e. The van der Waals surface area contributed by atoms with Crippen LogP contribution < -0.4 is 5.48 Å². The number of unbranched alkanes of at least 4 members (excludes halogenated alkanes) is 1. The molecule has 1 aromatic rings. The van der Waals surface area contributed by atoms with Gasteiger partial charge in [0.15, 0.2) is 0 Å². The molecule has 132 valence electrons. The zero-order chi connectivity index (χ0) is 18.3. The largest absolute Gasteiger partial charge is 0.481 e. The van der Waals surface area contributed by atoms with E-state index in [4.69, 9.17) is 10.3 Å². The van der Waals surface area contributed by atoms with Crippen LogP contribution in [0.4, 0.5) is 0 Å². The van der Waals surface area contributed by atoms with E-state index in [2.05, 4.69) is 28.6 Å². The van der Waals surface area contributed by atoms with Crippen LogP contribution in [-0.4, -0.2) is 33.3 Å². The lowest BCUT2D eigenvalue weighted by molar-refractivity contribution is -0.142. The van der Waals surface area contributed by atoms with Crippen LogP contribution in [0.5, 0.6) is 0 Å². The molecule has 1 aromatic carbocycles. The summed E-state index contributed by atoms with van der Waals surface area (Å²) in [6.45, 7) is 0. The highest BCUT2D eigenvalue weighted by atomic mass is 79.9. The number of nitrogens with one attached hydrogen (secondary N) is 1. The summed E-state index contributed by atoms with van der Waals surface area (Å²) in [5, 5.41) is 26.2. The molecule has 0 saturated heterocycles. The van der Waals surface area contributed by atoms with Crippen molar-refractivity contribution in [3.63, 3.8) is 0 Å². The Morgan fingerprint density at radius 1 is 1.21 bits per heavy atom. The summed E-state index contributed by atoms with van der Waals surface area (Å²) < 4.78 is 0.357. The third kappa shape index (κ3) is 5.81. The van der Waals surface area contributed by atoms with Crippen molar-refractivity contribution in [1.82, 2.24) is 5.48 Å². The number of hydrogen-bond donors (Lipinski definition) is 5. The van der Waals surface area contributed by atoms with Crippen molar-refractivity contribution >= 4 is 46.4 Å². The fourth-order valence-electron chi connectivity index (χ4n) is 2.24. The van der Waals surface area contributed by atoms with Crippen LogP contribution in [-0.2, 0) is 9.59 Å². The van der Waals surface area contributed by atoms with E-state index in [0.29, 0.717) is 29.3 Å². The van der Waals surface area contributed by atoms with Gasteiger partial charge < -0.3 is 10.2 Å². The minimum atomic E-state index is -1.08. The molecule has 0 aliphatic heterocycles. The summed E-state index contributed by atoms with van der Waals surface area (Å²) in [6.07, 6.45) is 1.34. The summed E-state index contributed by atoms with van der Waals surface area (Å²) in [6, 6.07) is 4.49. The number of carboxylic acids is 2. The smallest absolute Gasteiger partial charge is 0.336 e. The number of benzene rings is 1. The first-order chi connectivity index (χ1) is 11.3. The molecule has 0 aliphatic rings. The van der Waals surface area contributed by atoms with E-state index < -0.39 is 29.0 Å². The Morgan fingerprint density at radius 3 is 2.38 bits per heavy atom. The lowest BCUT2D eigenvalue weighted by Crippen LogP contribution is -2.20. The molecule has 0 bridgehead atoms. The van der Waals surface area contributed by atoms with Gasteiger partial charge in [0, 0.05) is 16.1 Å². The Bertz CT molecular complexity index is 624. The van der Waals surface area contributed by atoms with E-state index in [9.17, 15) is 19.5 Å². The molecule has 4 N–H and O–H groups in total. The number of aromatic carboxylic acids is 1. The highest BCUT2D eigenvalue weighted by Crippen LogP contribution is 2.34. The highest BCUT2D eigenvalue weighted by Gasteiger charge is 2.27. The molecule has 0 radical (unpaired) electrons. The molecule has 0 heterocycles. The Morgan fingerprint density at radius 2 is 1.88 bits per heavy atom. The van der Waals surface area contributed by atoms with Crippen LogP contribution in [0.25, 0.3) is 0 Å². The van der Waals surface area contributed by atoms with Gasteiger partial charge in [0.25, 0.3) is 0 Å². The molecular formula is C15H18BrNO6S. The standard InChI is InChI=1S/C15H18BrNO6S/c16-11-7-8(5-6-9(11)14(19)20)13(24)10(15(21)22)3-1-2-4-12(18)17-23/h5-7,10,13,23-24H,1-4H2,(H,17,18)(H,19,20)(H,21,22). The number of amides is 1. The van der Waals surface area contributed by atoms with Crippen LogP contribution in [0.1, 0.15) is 46.9 Å². The topological polar surface area (TPSA) is 124 Å². The number of carbonyl (C=O) groups excluding carboxylic acids is 1. The predicted molar refractivity (Wildman–Crippen MR) is 92.4 cm³/mol. The van der Waals surface area contributed by atoms with Gasteiger partial charge in [-0.2, -0.15) is 12.6 Å². The van der Waals surface area contributed by atoms with Crippen molar-refractivity contribution in [3.8, 4) is 0 Å². The van der Waals surface area contributed by atoms with Gasteiger partial charge in [-0.3, -0.25) is 14.8 Å². The molecule has 0 fully saturated rings. The second kappa shape index (κ2) is 9.65. The Balaban J connectivity index is 2.77. The van der Waals surface area contributed by atoms with Gasteiger partial charge in [0.05, 0.1) is 11.5 Å². The van der Waals surface area contributed by atoms with Gasteiger partial charge in [0.2, 0.25) is 5.91 Å². The third-order valence-electron chi connectivity index (χ3n) is 3.56. The van der Waals surface area contributed by atoms with Crippen molar-refractivity contribution in [2.45, 2.75) is 30.9 Å². The molecule has 0 saturated carbocycles. The second-order valence-corrected chi connectivity index (χ2v) is 6.63. The maximum Gasteiger partial charge on any atom is 0.336 e. The zero-order valence-corrected chi connectivity index (χ0v) is 15.1. The van der Waals surface area contributed by atoms with E-state index in [1.807, 2.05) is 0 Å². The average Bonchev–Trinajstić information content (AvgIpc) is 2.53. The van der Waals surface area contributed by atoms with Gasteiger partial charge in [-0.1, -0.05) is 12.5 Å². The maximum absolute atomic E-state index is 11.5. The molecule has 7 nitrogen and oxygen atoms in total. The number of rotatable bonds is 9. The van der Waals surface area contributed by atoms with Crippen molar-refractivity contribution in [2.24, 2.45) is 5.92 Å². The Kier molecular flexibility index (Phi) is 8.23. The first-order valence-corrected chi connectivity index (χ1v) is 8.45. The van der Waals surface area contributed by atoms with Crippen molar-refractivity contribution in [2.75, 3.05) is 0 Å². The molecule has 1 rings (SSSR count). The van der Waals surface area contributed by atoms with E-state index >= 15 is 0 Å². The average molecular weight is 420 g/mol. The van der Waals surface area contributed by atoms with Gasteiger partial charge in [-0.15, -0.1) is 0 Å². The molecule has 9 heteroatoms. The van der Waals surface area contributed by atoms with Crippen LogP contribution in [0.15, 0.2) is 22.7 Å². The molecule has 1 amide bonds. The number of carbonyl (C=O) groups is 3. The molecule has 2 atom stereocenters. The Hall–Kier alpha value is -1.58. The maximum atomic E-state index is 11.5. The number of hydroxylamine groups is 1. The van der Waals surface area contributed by atoms with Crippen LogP contribution in [0.3, 0.4) is 0 Å². The van der Waals surface area contributed by atoms with Crippen molar-refractivity contribution in [3.05, 3.63) is 33.8 Å². The SMILES string of the molecule is O=C(CCCCC(C(=O)O)C(S)c1ccc(C(=O)O)c(Br)c1)NO. The number of carboxylic acid groups (broad SMARTS) is 2. The van der Waals surface area contributed by atoms with Crippen LogP contribution in [0.2, 0.25) is 0 Å². The van der Waals surface area contributed by atoms with E-state index in [0.717, 1.165) is 0 Å². The predicted octanol–water partition coefficient (Wildman–Crippen LogP) is 2.88. The monoisotopic (exact) mass is 419 g/mol. The fraction of sp³-hybridized carbons (Fsp3) is 0.400. The summed E-state index contributed by atoms with van der Waals surface area (Å²) in [5.74, 6) is -3.40. The quantitative estimate of drug-likeness (QED) is 0.181. The normalized spacial score (nSPS) is 13.1. The lowest BCUT2D eigenvalue weighted by Gasteiger charge is -2.20. The van der Waals surface area contributed by atoms with Gasteiger partial charge in [0.1, 0.15) is 0 Å². The number of hydrogen-bond acceptors (Lipinski definition) is 5.